The molecule has 0 radical (unpaired) electrons. The number of carbonyl (C=O) groups excluding carboxylic acids is 2. The van der Waals surface area contributed by atoms with E-state index in [2.05, 4.69) is 10.1 Å². The van der Waals surface area contributed by atoms with Crippen molar-refractivity contribution in [2.75, 3.05) is 14.2 Å². The van der Waals surface area contributed by atoms with Crippen LogP contribution in [0.15, 0.2) is 24.3 Å². The predicted octanol–water partition coefficient (Wildman–Crippen LogP) is 0.915. The minimum absolute atomic E-state index is 0.270. The molecule has 0 heterocycles. The van der Waals surface area contributed by atoms with Gasteiger partial charge in [-0.3, -0.25) is 4.79 Å². The molecule has 0 fully saturated rings. The maximum Gasteiger partial charge on any atom is 0.328 e. The summed E-state index contributed by atoms with van der Waals surface area (Å²) in [6, 6.07) is 6.64. The molecule has 0 saturated heterocycles. The van der Waals surface area contributed by atoms with Crippen molar-refractivity contribution < 1.29 is 19.1 Å². The Morgan fingerprint density at radius 3 is 2.61 bits per heavy atom. The Balaban J connectivity index is 2.81. The molecule has 0 unspecified atom stereocenters. The van der Waals surface area contributed by atoms with Gasteiger partial charge in [0.05, 0.1) is 14.2 Å². The number of amides is 1. The standard InChI is InChI=1S/C13H17NO4/c1-9(15)14-12(13(16)18-3)8-10-5-4-6-11(7-10)17-2/h4-7,12H,8H2,1-3H3,(H,14,15)/t12-/m0/s1. The molecule has 5 nitrogen and oxygen atoms in total. The summed E-state index contributed by atoms with van der Waals surface area (Å²) in [6.07, 6.45) is 0.365. The van der Waals surface area contributed by atoms with Crippen LogP contribution in [0.25, 0.3) is 0 Å². The first-order chi connectivity index (χ1) is 8.56. The molecule has 0 aliphatic carbocycles. The SMILES string of the molecule is COC(=O)[C@H](Cc1cccc(OC)c1)NC(C)=O. The summed E-state index contributed by atoms with van der Waals surface area (Å²) in [6.45, 7) is 1.36. The Labute approximate surface area is 106 Å². The lowest BCUT2D eigenvalue weighted by Gasteiger charge is -2.15. The van der Waals surface area contributed by atoms with E-state index in [1.165, 1.54) is 14.0 Å². The lowest BCUT2D eigenvalue weighted by molar-refractivity contribution is -0.144. The van der Waals surface area contributed by atoms with Crippen molar-refractivity contribution in [3.8, 4) is 5.75 Å². The third kappa shape index (κ3) is 4.08. The largest absolute Gasteiger partial charge is 0.497 e. The molecule has 0 aromatic heterocycles. The number of rotatable bonds is 5. The number of ether oxygens (including phenoxy) is 2. The van der Waals surface area contributed by atoms with E-state index in [1.54, 1.807) is 7.11 Å². The van der Waals surface area contributed by atoms with E-state index in [1.807, 2.05) is 24.3 Å². The van der Waals surface area contributed by atoms with Gasteiger partial charge in [-0.15, -0.1) is 0 Å². The van der Waals surface area contributed by atoms with Gasteiger partial charge in [0.25, 0.3) is 0 Å². The highest BCUT2D eigenvalue weighted by Crippen LogP contribution is 2.14. The van der Waals surface area contributed by atoms with Gasteiger partial charge in [-0.25, -0.2) is 4.79 Å². The van der Waals surface area contributed by atoms with Crippen LogP contribution in [0.5, 0.6) is 5.75 Å². The molecule has 0 aliphatic rings. The quantitative estimate of drug-likeness (QED) is 0.790. The van der Waals surface area contributed by atoms with Crippen molar-refractivity contribution in [2.24, 2.45) is 0 Å². The number of carbonyl (C=O) groups is 2. The second-order valence-corrected chi connectivity index (χ2v) is 3.83. The zero-order chi connectivity index (χ0) is 13.5. The molecule has 0 saturated carbocycles. The van der Waals surface area contributed by atoms with Crippen molar-refractivity contribution in [2.45, 2.75) is 19.4 Å². The van der Waals surface area contributed by atoms with Gasteiger partial charge >= 0.3 is 5.97 Å². The molecule has 1 rings (SSSR count). The van der Waals surface area contributed by atoms with Crippen LogP contribution >= 0.6 is 0 Å². The van der Waals surface area contributed by atoms with Gasteiger partial charge in [-0.2, -0.15) is 0 Å². The van der Waals surface area contributed by atoms with Crippen LogP contribution in [-0.4, -0.2) is 32.1 Å². The van der Waals surface area contributed by atoms with Crippen LogP contribution < -0.4 is 10.1 Å². The normalized spacial score (nSPS) is 11.5. The predicted molar refractivity (Wildman–Crippen MR) is 66.3 cm³/mol. The smallest absolute Gasteiger partial charge is 0.328 e. The average molecular weight is 251 g/mol. The van der Waals surface area contributed by atoms with Gasteiger partial charge in [0.1, 0.15) is 11.8 Å². The third-order valence-electron chi connectivity index (χ3n) is 2.44. The molecule has 18 heavy (non-hydrogen) atoms. The maximum atomic E-state index is 11.5. The first-order valence-electron chi connectivity index (χ1n) is 5.54. The molecule has 98 valence electrons. The second kappa shape index (κ2) is 6.64. The van der Waals surface area contributed by atoms with Gasteiger partial charge < -0.3 is 14.8 Å². The summed E-state index contributed by atoms with van der Waals surface area (Å²) in [5.74, 6) is -0.0275. The van der Waals surface area contributed by atoms with E-state index in [0.29, 0.717) is 12.2 Å². The van der Waals surface area contributed by atoms with Crippen LogP contribution in [0.2, 0.25) is 0 Å². The Morgan fingerprint density at radius 2 is 2.06 bits per heavy atom. The molecule has 5 heteroatoms. The molecule has 1 N–H and O–H groups in total. The number of hydrogen-bond acceptors (Lipinski definition) is 4. The molecule has 1 aromatic rings. The molecule has 1 amide bonds. The Morgan fingerprint density at radius 1 is 1.33 bits per heavy atom. The highest BCUT2D eigenvalue weighted by atomic mass is 16.5. The van der Waals surface area contributed by atoms with E-state index in [4.69, 9.17) is 4.74 Å². The monoisotopic (exact) mass is 251 g/mol. The summed E-state index contributed by atoms with van der Waals surface area (Å²) in [7, 11) is 2.87. The third-order valence-corrected chi connectivity index (χ3v) is 2.44. The lowest BCUT2D eigenvalue weighted by atomic mass is 10.1. The van der Waals surface area contributed by atoms with Crippen LogP contribution in [-0.2, 0) is 20.7 Å². The van der Waals surface area contributed by atoms with Crippen molar-refractivity contribution in [3.63, 3.8) is 0 Å². The first-order valence-corrected chi connectivity index (χ1v) is 5.54. The van der Waals surface area contributed by atoms with E-state index in [0.717, 1.165) is 5.56 Å². The van der Waals surface area contributed by atoms with Gasteiger partial charge in [0, 0.05) is 13.3 Å². The Hall–Kier alpha value is -2.04. The summed E-state index contributed by atoms with van der Waals surface area (Å²) in [4.78, 5) is 22.6. The maximum absolute atomic E-state index is 11.5. The lowest BCUT2D eigenvalue weighted by Crippen LogP contribution is -2.41. The van der Waals surface area contributed by atoms with Crippen molar-refractivity contribution in [1.82, 2.24) is 5.32 Å². The number of nitrogens with one attached hydrogen (secondary N) is 1. The fraction of sp³-hybridized carbons (Fsp3) is 0.385. The molecule has 0 bridgehead atoms. The minimum atomic E-state index is -0.681. The second-order valence-electron chi connectivity index (χ2n) is 3.83. The van der Waals surface area contributed by atoms with Crippen molar-refractivity contribution in [1.29, 1.82) is 0 Å². The van der Waals surface area contributed by atoms with Crippen molar-refractivity contribution >= 4 is 11.9 Å². The number of benzene rings is 1. The molecule has 0 aliphatic heterocycles. The summed E-state index contributed by atoms with van der Waals surface area (Å²) in [5, 5.41) is 2.56. The fourth-order valence-corrected chi connectivity index (χ4v) is 1.62. The minimum Gasteiger partial charge on any atom is -0.497 e. The molecular weight excluding hydrogens is 234 g/mol. The van der Waals surface area contributed by atoms with Gasteiger partial charge in [-0.1, -0.05) is 12.1 Å². The van der Waals surface area contributed by atoms with Crippen LogP contribution in [0, 0.1) is 0 Å². The number of esters is 1. The molecule has 1 atom stereocenters. The summed E-state index contributed by atoms with van der Waals surface area (Å²) in [5.41, 5.74) is 0.888. The van der Waals surface area contributed by atoms with Gasteiger partial charge in [0.2, 0.25) is 5.91 Å². The topological polar surface area (TPSA) is 64.6 Å². The number of methoxy groups -OCH3 is 2. The van der Waals surface area contributed by atoms with Gasteiger partial charge in [0.15, 0.2) is 0 Å². The van der Waals surface area contributed by atoms with Crippen LogP contribution in [0.3, 0.4) is 0 Å². The van der Waals surface area contributed by atoms with Gasteiger partial charge in [-0.05, 0) is 17.7 Å². The van der Waals surface area contributed by atoms with E-state index >= 15 is 0 Å². The molecule has 1 aromatic carbocycles. The number of hydrogen-bond donors (Lipinski definition) is 1. The van der Waals surface area contributed by atoms with E-state index in [9.17, 15) is 9.59 Å². The highest BCUT2D eigenvalue weighted by molar-refractivity contribution is 5.83. The zero-order valence-corrected chi connectivity index (χ0v) is 10.7. The zero-order valence-electron chi connectivity index (χ0n) is 10.7. The van der Waals surface area contributed by atoms with Crippen LogP contribution in [0.4, 0.5) is 0 Å². The van der Waals surface area contributed by atoms with E-state index < -0.39 is 12.0 Å². The summed E-state index contributed by atoms with van der Waals surface area (Å²) >= 11 is 0. The molecule has 0 spiro atoms. The average Bonchev–Trinajstić information content (AvgIpc) is 2.36. The summed E-state index contributed by atoms with van der Waals surface area (Å²) < 4.78 is 9.76. The molecular formula is C13H17NO4. The first kappa shape index (κ1) is 14.0. The van der Waals surface area contributed by atoms with E-state index in [-0.39, 0.29) is 5.91 Å². The fourth-order valence-electron chi connectivity index (χ4n) is 1.62. The highest BCUT2D eigenvalue weighted by Gasteiger charge is 2.20. The van der Waals surface area contributed by atoms with Crippen LogP contribution in [0.1, 0.15) is 12.5 Å². The Bertz CT molecular complexity index is 431. The Kier molecular flexibility index (Phi) is 5.17. The van der Waals surface area contributed by atoms with Crippen molar-refractivity contribution in [3.05, 3.63) is 29.8 Å².